The molecular formula is C15H22O. The normalized spacial score (nSPS) is 20.1. The van der Waals surface area contributed by atoms with Crippen molar-refractivity contribution in [3.63, 3.8) is 0 Å². The lowest BCUT2D eigenvalue weighted by Crippen LogP contribution is -2.27. The molecule has 0 fully saturated rings. The van der Waals surface area contributed by atoms with E-state index in [0.717, 1.165) is 18.8 Å². The van der Waals surface area contributed by atoms with Crippen LogP contribution >= 0.6 is 0 Å². The van der Waals surface area contributed by atoms with Crippen molar-refractivity contribution in [1.29, 1.82) is 0 Å². The van der Waals surface area contributed by atoms with Crippen molar-refractivity contribution in [3.8, 4) is 5.75 Å². The molecule has 1 heterocycles. The maximum absolute atomic E-state index is 5.73. The topological polar surface area (TPSA) is 9.23 Å². The zero-order valence-corrected chi connectivity index (χ0v) is 10.6. The van der Waals surface area contributed by atoms with E-state index in [2.05, 4.69) is 45.0 Å². The SMILES string of the molecule is CCCC(C)(C)C1CCOc2ccccc21. The average molecular weight is 218 g/mol. The first-order valence-corrected chi connectivity index (χ1v) is 6.37. The zero-order chi connectivity index (χ0) is 11.6. The molecule has 2 rings (SSSR count). The van der Waals surface area contributed by atoms with Crippen LogP contribution in [0.25, 0.3) is 0 Å². The van der Waals surface area contributed by atoms with Gasteiger partial charge in [-0.25, -0.2) is 0 Å². The van der Waals surface area contributed by atoms with E-state index in [4.69, 9.17) is 4.74 Å². The van der Waals surface area contributed by atoms with Gasteiger partial charge in [0, 0.05) is 0 Å². The third-order valence-corrected chi connectivity index (χ3v) is 3.80. The molecule has 0 aliphatic carbocycles. The Kier molecular flexibility index (Phi) is 3.22. The van der Waals surface area contributed by atoms with E-state index in [1.807, 2.05) is 0 Å². The fourth-order valence-electron chi connectivity index (χ4n) is 2.97. The molecule has 88 valence electrons. The molecule has 1 nitrogen and oxygen atoms in total. The molecule has 0 amide bonds. The number of para-hydroxylation sites is 1. The van der Waals surface area contributed by atoms with Crippen LogP contribution in [-0.4, -0.2) is 6.61 Å². The van der Waals surface area contributed by atoms with E-state index >= 15 is 0 Å². The molecule has 16 heavy (non-hydrogen) atoms. The van der Waals surface area contributed by atoms with Gasteiger partial charge in [0.05, 0.1) is 6.61 Å². The Morgan fingerprint density at radius 2 is 2.06 bits per heavy atom. The molecule has 0 saturated heterocycles. The monoisotopic (exact) mass is 218 g/mol. The lowest BCUT2D eigenvalue weighted by atomic mass is 9.70. The van der Waals surface area contributed by atoms with Crippen molar-refractivity contribution in [1.82, 2.24) is 0 Å². The Morgan fingerprint density at radius 3 is 2.81 bits per heavy atom. The first-order chi connectivity index (χ1) is 7.65. The van der Waals surface area contributed by atoms with Crippen LogP contribution in [0.2, 0.25) is 0 Å². The summed E-state index contributed by atoms with van der Waals surface area (Å²) in [6.45, 7) is 7.92. The maximum atomic E-state index is 5.73. The molecular weight excluding hydrogens is 196 g/mol. The van der Waals surface area contributed by atoms with Gasteiger partial charge in [0.1, 0.15) is 5.75 Å². The summed E-state index contributed by atoms with van der Waals surface area (Å²) < 4.78 is 5.73. The van der Waals surface area contributed by atoms with E-state index in [0.29, 0.717) is 11.3 Å². The van der Waals surface area contributed by atoms with E-state index in [1.165, 1.54) is 18.4 Å². The predicted octanol–water partition coefficient (Wildman–Crippen LogP) is 4.38. The molecule has 0 aromatic heterocycles. The second-order valence-electron chi connectivity index (χ2n) is 5.47. The highest BCUT2D eigenvalue weighted by Gasteiger charge is 2.33. The molecule has 1 aromatic carbocycles. The fraction of sp³-hybridized carbons (Fsp3) is 0.600. The summed E-state index contributed by atoms with van der Waals surface area (Å²) in [7, 11) is 0. The summed E-state index contributed by atoms with van der Waals surface area (Å²) in [5.41, 5.74) is 1.79. The van der Waals surface area contributed by atoms with Crippen LogP contribution in [-0.2, 0) is 0 Å². The minimum atomic E-state index is 0.384. The van der Waals surface area contributed by atoms with Gasteiger partial charge in [-0.2, -0.15) is 0 Å². The molecule has 1 aromatic rings. The molecule has 1 aliphatic rings. The first-order valence-electron chi connectivity index (χ1n) is 6.37. The van der Waals surface area contributed by atoms with Gasteiger partial charge in [-0.1, -0.05) is 45.4 Å². The second kappa shape index (κ2) is 4.48. The van der Waals surface area contributed by atoms with Crippen molar-refractivity contribution in [2.75, 3.05) is 6.61 Å². The third-order valence-electron chi connectivity index (χ3n) is 3.80. The van der Waals surface area contributed by atoms with Crippen LogP contribution in [0.3, 0.4) is 0 Å². The number of hydrogen-bond donors (Lipinski definition) is 0. The van der Waals surface area contributed by atoms with Crippen molar-refractivity contribution in [2.45, 2.75) is 46.0 Å². The van der Waals surface area contributed by atoms with E-state index in [-0.39, 0.29) is 0 Å². The third kappa shape index (κ3) is 2.09. The standard InChI is InChI=1S/C15H22O/c1-4-10-15(2,3)13-9-11-16-14-8-6-5-7-12(13)14/h5-8,13H,4,9-11H2,1-3H3. The predicted molar refractivity (Wildman–Crippen MR) is 68.0 cm³/mol. The Labute approximate surface area is 98.8 Å². The second-order valence-corrected chi connectivity index (χ2v) is 5.47. The van der Waals surface area contributed by atoms with Crippen LogP contribution in [0, 0.1) is 5.41 Å². The molecule has 0 N–H and O–H groups in total. The number of fused-ring (bicyclic) bond motifs is 1. The van der Waals surface area contributed by atoms with Crippen LogP contribution in [0.4, 0.5) is 0 Å². The van der Waals surface area contributed by atoms with Crippen molar-refractivity contribution >= 4 is 0 Å². The van der Waals surface area contributed by atoms with Crippen LogP contribution in [0.15, 0.2) is 24.3 Å². The average Bonchev–Trinajstić information content (AvgIpc) is 2.28. The smallest absolute Gasteiger partial charge is 0.122 e. The zero-order valence-electron chi connectivity index (χ0n) is 10.6. The molecule has 1 unspecified atom stereocenters. The lowest BCUT2D eigenvalue weighted by molar-refractivity contribution is 0.179. The molecule has 0 bridgehead atoms. The number of rotatable bonds is 3. The van der Waals surface area contributed by atoms with Gasteiger partial charge in [-0.3, -0.25) is 0 Å². The van der Waals surface area contributed by atoms with E-state index in [9.17, 15) is 0 Å². The molecule has 1 atom stereocenters. The molecule has 0 radical (unpaired) electrons. The molecule has 1 heteroatoms. The summed E-state index contributed by atoms with van der Waals surface area (Å²) in [4.78, 5) is 0. The Hall–Kier alpha value is -0.980. The van der Waals surface area contributed by atoms with Gasteiger partial charge in [0.15, 0.2) is 0 Å². The molecule has 0 saturated carbocycles. The Balaban J connectivity index is 2.31. The highest BCUT2D eigenvalue weighted by Crippen LogP contribution is 2.46. The van der Waals surface area contributed by atoms with Gasteiger partial charge in [-0.15, -0.1) is 0 Å². The fourth-order valence-corrected chi connectivity index (χ4v) is 2.97. The van der Waals surface area contributed by atoms with Crippen molar-refractivity contribution in [2.24, 2.45) is 5.41 Å². The minimum absolute atomic E-state index is 0.384. The largest absolute Gasteiger partial charge is 0.493 e. The summed E-state index contributed by atoms with van der Waals surface area (Å²) in [6.07, 6.45) is 3.70. The number of hydrogen-bond acceptors (Lipinski definition) is 1. The number of ether oxygens (including phenoxy) is 1. The van der Waals surface area contributed by atoms with Crippen LogP contribution < -0.4 is 4.74 Å². The van der Waals surface area contributed by atoms with Gasteiger partial charge >= 0.3 is 0 Å². The molecule has 1 aliphatic heterocycles. The van der Waals surface area contributed by atoms with Gasteiger partial charge in [-0.05, 0) is 35.8 Å². The highest BCUT2D eigenvalue weighted by molar-refractivity contribution is 5.38. The van der Waals surface area contributed by atoms with E-state index < -0.39 is 0 Å². The van der Waals surface area contributed by atoms with Gasteiger partial charge < -0.3 is 4.74 Å². The Bertz CT molecular complexity index is 354. The lowest BCUT2D eigenvalue weighted by Gasteiger charge is -2.38. The van der Waals surface area contributed by atoms with Crippen molar-refractivity contribution < 1.29 is 4.74 Å². The van der Waals surface area contributed by atoms with Gasteiger partial charge in [0.25, 0.3) is 0 Å². The van der Waals surface area contributed by atoms with Gasteiger partial charge in [0.2, 0.25) is 0 Å². The Morgan fingerprint density at radius 1 is 1.31 bits per heavy atom. The van der Waals surface area contributed by atoms with Crippen molar-refractivity contribution in [3.05, 3.63) is 29.8 Å². The maximum Gasteiger partial charge on any atom is 0.122 e. The van der Waals surface area contributed by atoms with Crippen LogP contribution in [0.5, 0.6) is 5.75 Å². The quantitative estimate of drug-likeness (QED) is 0.731. The summed E-state index contributed by atoms with van der Waals surface area (Å²) >= 11 is 0. The highest BCUT2D eigenvalue weighted by atomic mass is 16.5. The summed E-state index contributed by atoms with van der Waals surface area (Å²) in [6, 6.07) is 8.52. The summed E-state index contributed by atoms with van der Waals surface area (Å²) in [5, 5.41) is 0. The number of benzene rings is 1. The first kappa shape index (κ1) is 11.5. The molecule has 0 spiro atoms. The minimum Gasteiger partial charge on any atom is -0.493 e. The summed E-state index contributed by atoms with van der Waals surface area (Å²) in [5.74, 6) is 1.75. The van der Waals surface area contributed by atoms with Crippen LogP contribution in [0.1, 0.15) is 51.5 Å². The van der Waals surface area contributed by atoms with E-state index in [1.54, 1.807) is 0 Å².